The first kappa shape index (κ1) is 19.3. The van der Waals surface area contributed by atoms with Gasteiger partial charge in [-0.15, -0.1) is 10.2 Å². The number of hydrogen-bond acceptors (Lipinski definition) is 5. The molecule has 0 radical (unpaired) electrons. The molecule has 0 bridgehead atoms. The molecule has 7 nitrogen and oxygen atoms in total. The molecule has 0 aliphatic carbocycles. The maximum atomic E-state index is 11.9. The zero-order chi connectivity index (χ0) is 19.2. The topological polar surface area (TPSA) is 95.0 Å². The molecule has 1 fully saturated rings. The largest absolute Gasteiger partial charge is 0.481 e. The Kier molecular flexibility index (Phi) is 6.42. The number of aromatic amines is 1. The molecule has 2 heterocycles. The molecule has 27 heavy (non-hydrogen) atoms. The van der Waals surface area contributed by atoms with E-state index < -0.39 is 11.9 Å². The normalized spacial score (nSPS) is 19.6. The lowest BCUT2D eigenvalue weighted by Gasteiger charge is -2.33. The Labute approximate surface area is 160 Å². The third kappa shape index (κ3) is 4.84. The van der Waals surface area contributed by atoms with E-state index in [2.05, 4.69) is 56.7 Å². The van der Waals surface area contributed by atoms with E-state index in [1.165, 1.54) is 18.5 Å². The number of hydrogen-bond donors (Lipinski definition) is 2. The van der Waals surface area contributed by atoms with Crippen LogP contribution in [0.4, 0.5) is 5.69 Å². The molecular formula is C20H29N5O2. The number of carbonyl (C=O) groups is 1. The summed E-state index contributed by atoms with van der Waals surface area (Å²) in [7, 11) is 0. The third-order valence-electron chi connectivity index (χ3n) is 5.48. The van der Waals surface area contributed by atoms with E-state index >= 15 is 0 Å². The number of benzene rings is 1. The maximum absolute atomic E-state index is 11.9. The van der Waals surface area contributed by atoms with Gasteiger partial charge in [-0.05, 0) is 49.3 Å². The Morgan fingerprint density at radius 3 is 2.96 bits per heavy atom. The molecule has 2 N–H and O–H groups in total. The highest BCUT2D eigenvalue weighted by molar-refractivity contribution is 5.71. The quantitative estimate of drug-likeness (QED) is 0.739. The van der Waals surface area contributed by atoms with Crippen molar-refractivity contribution in [2.45, 2.75) is 51.9 Å². The monoisotopic (exact) mass is 371 g/mol. The second kappa shape index (κ2) is 8.97. The fourth-order valence-corrected chi connectivity index (χ4v) is 4.11. The van der Waals surface area contributed by atoms with Gasteiger partial charge in [0.15, 0.2) is 5.82 Å². The minimum Gasteiger partial charge on any atom is -0.481 e. The first-order valence-electron chi connectivity index (χ1n) is 9.88. The fourth-order valence-electron chi connectivity index (χ4n) is 4.11. The van der Waals surface area contributed by atoms with Crippen LogP contribution in [0.3, 0.4) is 0 Å². The Balaban J connectivity index is 1.83. The molecule has 0 amide bonds. The van der Waals surface area contributed by atoms with Gasteiger partial charge in [0.2, 0.25) is 0 Å². The van der Waals surface area contributed by atoms with Gasteiger partial charge in [-0.25, -0.2) is 0 Å². The van der Waals surface area contributed by atoms with E-state index in [0.717, 1.165) is 25.1 Å². The number of tetrazole rings is 1. The van der Waals surface area contributed by atoms with Crippen LogP contribution in [0, 0.1) is 11.8 Å². The van der Waals surface area contributed by atoms with Crippen molar-refractivity contribution < 1.29 is 9.90 Å². The van der Waals surface area contributed by atoms with Crippen LogP contribution < -0.4 is 4.90 Å². The van der Waals surface area contributed by atoms with Crippen LogP contribution in [-0.4, -0.2) is 44.8 Å². The summed E-state index contributed by atoms with van der Waals surface area (Å²) in [6.45, 7) is 6.45. The Hall–Kier alpha value is -2.44. The van der Waals surface area contributed by atoms with Gasteiger partial charge in [0.1, 0.15) is 0 Å². The van der Waals surface area contributed by atoms with Crippen LogP contribution in [0.5, 0.6) is 0 Å². The lowest BCUT2D eigenvalue weighted by Crippen LogP contribution is -2.34. The summed E-state index contributed by atoms with van der Waals surface area (Å²) >= 11 is 0. The number of anilines is 1. The maximum Gasteiger partial charge on any atom is 0.307 e. The summed E-state index contributed by atoms with van der Waals surface area (Å²) in [4.78, 5) is 14.3. The van der Waals surface area contributed by atoms with Crippen molar-refractivity contribution in [1.29, 1.82) is 0 Å². The highest BCUT2D eigenvalue weighted by atomic mass is 16.4. The molecule has 3 unspecified atom stereocenters. The minimum absolute atomic E-state index is 0.295. The number of carboxylic acids is 1. The smallest absolute Gasteiger partial charge is 0.307 e. The van der Waals surface area contributed by atoms with E-state index in [1.54, 1.807) is 0 Å². The molecule has 7 heteroatoms. The van der Waals surface area contributed by atoms with Gasteiger partial charge in [0.25, 0.3) is 0 Å². The number of piperidine rings is 1. The van der Waals surface area contributed by atoms with Gasteiger partial charge in [-0.3, -0.25) is 4.79 Å². The fraction of sp³-hybridized carbons (Fsp3) is 0.600. The van der Waals surface area contributed by atoms with Crippen molar-refractivity contribution in [3.63, 3.8) is 0 Å². The van der Waals surface area contributed by atoms with E-state index in [9.17, 15) is 9.90 Å². The minimum atomic E-state index is -0.798. The van der Waals surface area contributed by atoms with Crippen molar-refractivity contribution in [3.05, 3.63) is 35.7 Å². The highest BCUT2D eigenvalue weighted by Gasteiger charge is 2.32. The molecule has 2 aromatic rings. The number of carboxylic acid groups (broad SMARTS) is 1. The molecule has 3 atom stereocenters. The standard InChI is InChI=1S/C20H29N5O2/c1-3-6-17(20(26)27)18(19-21-23-24-22-19)12-15-8-4-9-16(11-15)25-10-5-7-14(2)13-25/h4,8-9,11,14,17-18H,3,5-7,10,12-13H2,1-2H3,(H,26,27)(H,21,22,23,24). The van der Waals surface area contributed by atoms with E-state index in [1.807, 2.05) is 6.92 Å². The summed E-state index contributed by atoms with van der Waals surface area (Å²) in [5, 5.41) is 24.1. The second-order valence-electron chi connectivity index (χ2n) is 7.68. The summed E-state index contributed by atoms with van der Waals surface area (Å²) in [5.41, 5.74) is 2.33. The molecule has 1 aliphatic heterocycles. The number of nitrogens with one attached hydrogen (secondary N) is 1. The van der Waals surface area contributed by atoms with Crippen molar-refractivity contribution in [2.24, 2.45) is 11.8 Å². The third-order valence-corrected chi connectivity index (χ3v) is 5.48. The van der Waals surface area contributed by atoms with Crippen LogP contribution in [0.2, 0.25) is 0 Å². The molecule has 1 aromatic carbocycles. The van der Waals surface area contributed by atoms with E-state index in [4.69, 9.17) is 0 Å². The van der Waals surface area contributed by atoms with Gasteiger partial charge in [0, 0.05) is 24.7 Å². The number of aliphatic carboxylic acids is 1. The zero-order valence-corrected chi connectivity index (χ0v) is 16.1. The molecule has 1 aliphatic rings. The molecule has 1 saturated heterocycles. The number of H-pyrrole nitrogens is 1. The molecular weight excluding hydrogens is 342 g/mol. The van der Waals surface area contributed by atoms with Gasteiger partial charge in [0.05, 0.1) is 5.92 Å². The summed E-state index contributed by atoms with van der Waals surface area (Å²) in [6.07, 6.45) is 4.49. The summed E-state index contributed by atoms with van der Waals surface area (Å²) in [6, 6.07) is 8.46. The average molecular weight is 371 g/mol. The van der Waals surface area contributed by atoms with Crippen LogP contribution in [-0.2, 0) is 11.2 Å². The Morgan fingerprint density at radius 1 is 1.44 bits per heavy atom. The highest BCUT2D eigenvalue weighted by Crippen LogP contribution is 2.31. The lowest BCUT2D eigenvalue weighted by atomic mass is 9.83. The number of nitrogens with zero attached hydrogens (tertiary/aromatic N) is 4. The molecule has 1 aromatic heterocycles. The van der Waals surface area contributed by atoms with Crippen molar-refractivity contribution in [2.75, 3.05) is 18.0 Å². The zero-order valence-electron chi connectivity index (χ0n) is 16.1. The van der Waals surface area contributed by atoms with Gasteiger partial charge in [-0.2, -0.15) is 5.21 Å². The average Bonchev–Trinajstić information content (AvgIpc) is 3.19. The van der Waals surface area contributed by atoms with Gasteiger partial charge in [-0.1, -0.05) is 37.6 Å². The number of rotatable bonds is 8. The first-order chi connectivity index (χ1) is 13.1. The Morgan fingerprint density at radius 2 is 2.30 bits per heavy atom. The van der Waals surface area contributed by atoms with E-state index in [-0.39, 0.29) is 5.92 Å². The van der Waals surface area contributed by atoms with Crippen LogP contribution in [0.25, 0.3) is 0 Å². The Bertz CT molecular complexity index is 734. The van der Waals surface area contributed by atoms with Crippen molar-refractivity contribution in [3.8, 4) is 0 Å². The van der Waals surface area contributed by atoms with Crippen LogP contribution in [0.15, 0.2) is 24.3 Å². The van der Waals surface area contributed by atoms with Gasteiger partial charge >= 0.3 is 5.97 Å². The summed E-state index contributed by atoms with van der Waals surface area (Å²) in [5.74, 6) is -0.432. The van der Waals surface area contributed by atoms with Crippen molar-refractivity contribution in [1.82, 2.24) is 20.6 Å². The molecule has 146 valence electrons. The predicted molar refractivity (Wildman–Crippen MR) is 104 cm³/mol. The second-order valence-corrected chi connectivity index (χ2v) is 7.68. The van der Waals surface area contributed by atoms with Crippen molar-refractivity contribution >= 4 is 11.7 Å². The predicted octanol–water partition coefficient (Wildman–Crippen LogP) is 3.26. The number of aromatic nitrogens is 4. The molecule has 0 saturated carbocycles. The molecule has 3 rings (SSSR count). The van der Waals surface area contributed by atoms with Crippen LogP contribution >= 0.6 is 0 Å². The van der Waals surface area contributed by atoms with Crippen LogP contribution in [0.1, 0.15) is 56.8 Å². The van der Waals surface area contributed by atoms with E-state index in [0.29, 0.717) is 24.6 Å². The lowest BCUT2D eigenvalue weighted by molar-refractivity contribution is -0.142. The summed E-state index contributed by atoms with van der Waals surface area (Å²) < 4.78 is 0. The molecule has 0 spiro atoms. The first-order valence-corrected chi connectivity index (χ1v) is 9.88. The van der Waals surface area contributed by atoms with Gasteiger partial charge < -0.3 is 10.0 Å². The SMILES string of the molecule is CCCC(C(=O)O)C(Cc1cccc(N2CCCC(C)C2)c1)c1nn[nH]n1.